The number of amides is 1. The minimum absolute atomic E-state index is 0.143. The SMILES string of the molecule is CO[C@H]1CC[C@](NC(=O)OC(C)(C)C)(C(=O)O)C1. The van der Waals surface area contributed by atoms with Crippen molar-refractivity contribution in [3.63, 3.8) is 0 Å². The van der Waals surface area contributed by atoms with E-state index in [1.165, 1.54) is 7.11 Å². The van der Waals surface area contributed by atoms with Crippen molar-refractivity contribution in [1.82, 2.24) is 5.32 Å². The lowest BCUT2D eigenvalue weighted by atomic mass is 9.98. The summed E-state index contributed by atoms with van der Waals surface area (Å²) >= 11 is 0. The zero-order valence-corrected chi connectivity index (χ0v) is 11.3. The number of rotatable bonds is 3. The van der Waals surface area contributed by atoms with E-state index in [1.54, 1.807) is 20.8 Å². The van der Waals surface area contributed by atoms with Gasteiger partial charge in [0.15, 0.2) is 0 Å². The Bertz CT molecular complexity index is 336. The quantitative estimate of drug-likeness (QED) is 0.803. The van der Waals surface area contributed by atoms with Gasteiger partial charge in [-0.1, -0.05) is 0 Å². The van der Waals surface area contributed by atoms with Crippen molar-refractivity contribution in [2.75, 3.05) is 7.11 Å². The van der Waals surface area contributed by atoms with Gasteiger partial charge < -0.3 is 19.9 Å². The molecule has 0 radical (unpaired) electrons. The highest BCUT2D eigenvalue weighted by Crippen LogP contribution is 2.32. The fraction of sp³-hybridized carbons (Fsp3) is 0.833. The van der Waals surface area contributed by atoms with Gasteiger partial charge >= 0.3 is 12.1 Å². The van der Waals surface area contributed by atoms with Crippen LogP contribution in [0.1, 0.15) is 40.0 Å². The Morgan fingerprint density at radius 1 is 1.39 bits per heavy atom. The van der Waals surface area contributed by atoms with Crippen LogP contribution in [0, 0.1) is 0 Å². The monoisotopic (exact) mass is 259 g/mol. The normalized spacial score (nSPS) is 27.9. The van der Waals surface area contributed by atoms with E-state index < -0.39 is 23.2 Å². The molecule has 1 saturated carbocycles. The molecule has 6 nitrogen and oxygen atoms in total. The maximum Gasteiger partial charge on any atom is 0.408 e. The number of alkyl carbamates (subject to hydrolysis) is 1. The molecular formula is C12H21NO5. The van der Waals surface area contributed by atoms with Crippen LogP contribution in [0.3, 0.4) is 0 Å². The van der Waals surface area contributed by atoms with Crippen molar-refractivity contribution in [2.45, 2.75) is 57.3 Å². The van der Waals surface area contributed by atoms with Crippen LogP contribution in [0.25, 0.3) is 0 Å². The molecule has 0 saturated heterocycles. The Kier molecular flexibility index (Phi) is 4.21. The molecule has 1 fully saturated rings. The summed E-state index contributed by atoms with van der Waals surface area (Å²) in [5.74, 6) is -1.05. The highest BCUT2D eigenvalue weighted by Gasteiger charge is 2.47. The van der Waals surface area contributed by atoms with Gasteiger partial charge in [-0.25, -0.2) is 9.59 Å². The minimum atomic E-state index is -1.27. The molecule has 2 N–H and O–H groups in total. The van der Waals surface area contributed by atoms with Crippen LogP contribution >= 0.6 is 0 Å². The number of hydrogen-bond acceptors (Lipinski definition) is 4. The highest BCUT2D eigenvalue weighted by molar-refractivity contribution is 5.84. The van der Waals surface area contributed by atoms with Crippen molar-refractivity contribution in [2.24, 2.45) is 0 Å². The zero-order valence-electron chi connectivity index (χ0n) is 11.3. The van der Waals surface area contributed by atoms with Gasteiger partial charge in [0, 0.05) is 13.5 Å². The van der Waals surface area contributed by atoms with Crippen molar-refractivity contribution in [3.05, 3.63) is 0 Å². The average Bonchev–Trinajstić information content (AvgIpc) is 2.59. The number of carbonyl (C=O) groups is 2. The summed E-state index contributed by atoms with van der Waals surface area (Å²) in [6.07, 6.45) is 0.370. The lowest BCUT2D eigenvalue weighted by molar-refractivity contribution is -0.145. The molecule has 0 unspecified atom stereocenters. The molecule has 0 aromatic carbocycles. The number of nitrogens with one attached hydrogen (secondary N) is 1. The standard InChI is InChI=1S/C12H21NO5/c1-11(2,3)18-10(16)13-12(9(14)15)6-5-8(7-12)17-4/h8H,5-7H2,1-4H3,(H,13,16)(H,14,15)/t8-,12+/m0/s1. The molecule has 0 aliphatic heterocycles. The zero-order chi connectivity index (χ0) is 14.0. The first-order valence-corrected chi connectivity index (χ1v) is 5.96. The summed E-state index contributed by atoms with van der Waals surface area (Å²) in [6.45, 7) is 5.19. The van der Waals surface area contributed by atoms with Gasteiger partial charge in [-0.15, -0.1) is 0 Å². The topological polar surface area (TPSA) is 84.9 Å². The van der Waals surface area contributed by atoms with E-state index in [2.05, 4.69) is 5.32 Å². The second-order valence-corrected chi connectivity index (χ2v) is 5.61. The molecular weight excluding hydrogens is 238 g/mol. The van der Waals surface area contributed by atoms with Crippen molar-refractivity contribution < 1.29 is 24.2 Å². The third-order valence-electron chi connectivity index (χ3n) is 2.95. The van der Waals surface area contributed by atoms with E-state index in [9.17, 15) is 14.7 Å². The van der Waals surface area contributed by atoms with Crippen molar-refractivity contribution in [1.29, 1.82) is 0 Å². The van der Waals surface area contributed by atoms with Crippen molar-refractivity contribution >= 4 is 12.1 Å². The average molecular weight is 259 g/mol. The number of methoxy groups -OCH3 is 1. The molecule has 104 valence electrons. The number of aliphatic carboxylic acids is 1. The first-order chi connectivity index (χ1) is 8.18. The Morgan fingerprint density at radius 2 is 2.00 bits per heavy atom. The lowest BCUT2D eigenvalue weighted by Crippen LogP contribution is -2.54. The van der Waals surface area contributed by atoms with Gasteiger partial charge in [-0.3, -0.25) is 0 Å². The lowest BCUT2D eigenvalue weighted by Gasteiger charge is -2.28. The Morgan fingerprint density at radius 3 is 2.39 bits per heavy atom. The summed E-state index contributed by atoms with van der Waals surface area (Å²) < 4.78 is 10.2. The maximum atomic E-state index is 11.7. The van der Waals surface area contributed by atoms with E-state index >= 15 is 0 Å². The molecule has 1 amide bonds. The third-order valence-corrected chi connectivity index (χ3v) is 2.95. The molecule has 6 heteroatoms. The summed E-state index contributed by atoms with van der Waals surface area (Å²) in [7, 11) is 1.54. The van der Waals surface area contributed by atoms with Crippen LogP contribution in [0.2, 0.25) is 0 Å². The maximum absolute atomic E-state index is 11.7. The first-order valence-electron chi connectivity index (χ1n) is 5.96. The van der Waals surface area contributed by atoms with E-state index in [4.69, 9.17) is 9.47 Å². The molecule has 1 rings (SSSR count). The third kappa shape index (κ3) is 3.60. The minimum Gasteiger partial charge on any atom is -0.480 e. The summed E-state index contributed by atoms with van der Waals surface area (Å²) in [5, 5.41) is 11.8. The molecule has 0 bridgehead atoms. The number of carboxylic acids is 1. The molecule has 0 spiro atoms. The van der Waals surface area contributed by atoms with Gasteiger partial charge in [-0.2, -0.15) is 0 Å². The molecule has 18 heavy (non-hydrogen) atoms. The number of carbonyl (C=O) groups excluding carboxylic acids is 1. The van der Waals surface area contributed by atoms with Gasteiger partial charge in [0.25, 0.3) is 0 Å². The second-order valence-electron chi connectivity index (χ2n) is 5.61. The van der Waals surface area contributed by atoms with E-state index in [1.807, 2.05) is 0 Å². The van der Waals surface area contributed by atoms with Crippen LogP contribution < -0.4 is 5.32 Å². The van der Waals surface area contributed by atoms with Gasteiger partial charge in [-0.05, 0) is 33.6 Å². The van der Waals surface area contributed by atoms with Crippen molar-refractivity contribution in [3.8, 4) is 0 Å². The number of ether oxygens (including phenoxy) is 2. The molecule has 1 aliphatic rings. The van der Waals surface area contributed by atoms with Crippen LogP contribution in [-0.2, 0) is 14.3 Å². The number of hydrogen-bond donors (Lipinski definition) is 2. The predicted molar refractivity (Wildman–Crippen MR) is 64.4 cm³/mol. The molecule has 0 aromatic rings. The van der Waals surface area contributed by atoms with Crippen LogP contribution in [0.4, 0.5) is 4.79 Å². The Labute approximate surface area is 107 Å². The van der Waals surface area contributed by atoms with Crippen LogP contribution in [-0.4, -0.2) is 41.5 Å². The van der Waals surface area contributed by atoms with Crippen LogP contribution in [0.15, 0.2) is 0 Å². The van der Waals surface area contributed by atoms with Gasteiger partial charge in [0.1, 0.15) is 11.1 Å². The van der Waals surface area contributed by atoms with E-state index in [0.29, 0.717) is 12.8 Å². The number of carboxylic acid groups (broad SMARTS) is 1. The summed E-state index contributed by atoms with van der Waals surface area (Å²) in [4.78, 5) is 23.0. The fourth-order valence-corrected chi connectivity index (χ4v) is 2.06. The molecule has 0 aromatic heterocycles. The largest absolute Gasteiger partial charge is 0.480 e. The first kappa shape index (κ1) is 14.8. The highest BCUT2D eigenvalue weighted by atomic mass is 16.6. The Hall–Kier alpha value is -1.30. The summed E-state index contributed by atoms with van der Waals surface area (Å²) in [5.41, 5.74) is -1.92. The predicted octanol–water partition coefficient (Wildman–Crippen LogP) is 1.53. The Balaban J connectivity index is 2.71. The molecule has 1 aliphatic carbocycles. The molecule has 2 atom stereocenters. The smallest absolute Gasteiger partial charge is 0.408 e. The van der Waals surface area contributed by atoms with E-state index in [0.717, 1.165) is 0 Å². The molecule has 0 heterocycles. The summed E-state index contributed by atoms with van der Waals surface area (Å²) in [6, 6.07) is 0. The van der Waals surface area contributed by atoms with E-state index in [-0.39, 0.29) is 12.5 Å². The van der Waals surface area contributed by atoms with Gasteiger partial charge in [0.05, 0.1) is 6.10 Å². The van der Waals surface area contributed by atoms with Crippen LogP contribution in [0.5, 0.6) is 0 Å². The van der Waals surface area contributed by atoms with Gasteiger partial charge in [0.2, 0.25) is 0 Å². The second kappa shape index (κ2) is 5.14. The fourth-order valence-electron chi connectivity index (χ4n) is 2.06.